The molecule has 0 bridgehead atoms. The zero-order valence-corrected chi connectivity index (χ0v) is 16.1. The summed E-state index contributed by atoms with van der Waals surface area (Å²) in [4.78, 5) is 4.29. The summed E-state index contributed by atoms with van der Waals surface area (Å²) in [5, 5.41) is 3.05. The number of nitrogens with two attached hydrogens (primary N) is 1. The monoisotopic (exact) mass is 423 g/mol. The maximum Gasteiger partial charge on any atom is 0.203 e. The van der Waals surface area contributed by atoms with Crippen LogP contribution in [0.15, 0.2) is 17.1 Å². The normalized spacial score (nSPS) is 10.9. The SMILES string of the molecule is COc1ccc(CCN=C(N)NC(C)C)c(OC)c1OC.I. The molecule has 0 spiro atoms. The van der Waals surface area contributed by atoms with Crippen LogP contribution in [0.2, 0.25) is 0 Å². The van der Waals surface area contributed by atoms with E-state index in [2.05, 4.69) is 10.3 Å². The van der Waals surface area contributed by atoms with Gasteiger partial charge in [-0.05, 0) is 26.3 Å². The van der Waals surface area contributed by atoms with Crippen LogP contribution in [-0.2, 0) is 6.42 Å². The van der Waals surface area contributed by atoms with Crippen molar-refractivity contribution in [1.82, 2.24) is 5.32 Å². The number of methoxy groups -OCH3 is 3. The number of nitrogens with one attached hydrogen (secondary N) is 1. The summed E-state index contributed by atoms with van der Waals surface area (Å²) in [6, 6.07) is 4.07. The van der Waals surface area contributed by atoms with Gasteiger partial charge in [0, 0.05) is 18.2 Å². The summed E-state index contributed by atoms with van der Waals surface area (Å²) >= 11 is 0. The molecule has 1 aromatic rings. The van der Waals surface area contributed by atoms with Gasteiger partial charge in [-0.3, -0.25) is 4.99 Å². The first-order valence-corrected chi connectivity index (χ1v) is 6.87. The molecular weight excluding hydrogens is 397 g/mol. The average Bonchev–Trinajstić information content (AvgIpc) is 2.45. The summed E-state index contributed by atoms with van der Waals surface area (Å²) in [5.74, 6) is 2.35. The Balaban J connectivity index is 0.00000441. The number of nitrogens with zero attached hydrogens (tertiary/aromatic N) is 1. The van der Waals surface area contributed by atoms with Gasteiger partial charge in [0.25, 0.3) is 0 Å². The van der Waals surface area contributed by atoms with Crippen molar-refractivity contribution >= 4 is 29.9 Å². The third-order valence-electron chi connectivity index (χ3n) is 2.89. The molecule has 0 amide bonds. The van der Waals surface area contributed by atoms with Crippen molar-refractivity contribution in [3.63, 3.8) is 0 Å². The van der Waals surface area contributed by atoms with E-state index in [1.54, 1.807) is 21.3 Å². The van der Waals surface area contributed by atoms with Crippen LogP contribution < -0.4 is 25.3 Å². The molecule has 0 aliphatic heterocycles. The highest BCUT2D eigenvalue weighted by atomic mass is 127. The van der Waals surface area contributed by atoms with Crippen LogP contribution in [-0.4, -0.2) is 39.9 Å². The molecule has 0 aliphatic rings. The lowest BCUT2D eigenvalue weighted by Crippen LogP contribution is -2.36. The molecule has 0 radical (unpaired) electrons. The van der Waals surface area contributed by atoms with Crippen LogP contribution >= 0.6 is 24.0 Å². The fraction of sp³-hybridized carbons (Fsp3) is 0.533. The van der Waals surface area contributed by atoms with Gasteiger partial charge >= 0.3 is 0 Å². The van der Waals surface area contributed by atoms with Gasteiger partial charge in [0.1, 0.15) is 0 Å². The smallest absolute Gasteiger partial charge is 0.203 e. The lowest BCUT2D eigenvalue weighted by atomic mass is 10.1. The van der Waals surface area contributed by atoms with Crippen molar-refractivity contribution in [2.75, 3.05) is 27.9 Å². The van der Waals surface area contributed by atoms with Gasteiger partial charge < -0.3 is 25.3 Å². The Morgan fingerprint density at radius 1 is 1.14 bits per heavy atom. The molecule has 22 heavy (non-hydrogen) atoms. The summed E-state index contributed by atoms with van der Waals surface area (Å²) < 4.78 is 16.0. The molecule has 0 unspecified atom stereocenters. The van der Waals surface area contributed by atoms with E-state index in [1.807, 2.05) is 26.0 Å². The Kier molecular flexibility index (Phi) is 9.71. The van der Waals surface area contributed by atoms with Gasteiger partial charge in [0.05, 0.1) is 21.3 Å². The maximum atomic E-state index is 5.77. The average molecular weight is 423 g/mol. The highest BCUT2D eigenvalue weighted by Crippen LogP contribution is 2.39. The van der Waals surface area contributed by atoms with Crippen LogP contribution in [0, 0.1) is 0 Å². The number of halogens is 1. The van der Waals surface area contributed by atoms with E-state index in [9.17, 15) is 0 Å². The maximum absolute atomic E-state index is 5.77. The van der Waals surface area contributed by atoms with Crippen molar-refractivity contribution < 1.29 is 14.2 Å². The van der Waals surface area contributed by atoms with Gasteiger partial charge in [-0.25, -0.2) is 0 Å². The molecule has 0 saturated carbocycles. The second-order valence-corrected chi connectivity index (χ2v) is 4.81. The fourth-order valence-corrected chi connectivity index (χ4v) is 2.00. The summed E-state index contributed by atoms with van der Waals surface area (Å²) in [6.45, 7) is 4.59. The largest absolute Gasteiger partial charge is 0.493 e. The Bertz CT molecular complexity index is 493. The standard InChI is InChI=1S/C15H25N3O3.HI/c1-10(2)18-15(16)17-9-8-11-6-7-12(19-3)14(21-5)13(11)20-4;/h6-7,10H,8-9H2,1-5H3,(H3,16,17,18);1H. The number of hydrogen-bond donors (Lipinski definition) is 2. The van der Waals surface area contributed by atoms with Crippen LogP contribution in [0.1, 0.15) is 19.4 Å². The van der Waals surface area contributed by atoms with Gasteiger partial charge in [-0.1, -0.05) is 6.07 Å². The van der Waals surface area contributed by atoms with Crippen molar-refractivity contribution in [1.29, 1.82) is 0 Å². The lowest BCUT2D eigenvalue weighted by molar-refractivity contribution is 0.322. The Morgan fingerprint density at radius 2 is 1.77 bits per heavy atom. The first-order valence-electron chi connectivity index (χ1n) is 6.87. The molecule has 0 atom stereocenters. The van der Waals surface area contributed by atoms with Gasteiger partial charge in [0.15, 0.2) is 17.5 Å². The Morgan fingerprint density at radius 3 is 2.27 bits per heavy atom. The van der Waals surface area contributed by atoms with E-state index < -0.39 is 0 Å². The summed E-state index contributed by atoms with van der Waals surface area (Å²) in [5.41, 5.74) is 6.77. The van der Waals surface area contributed by atoms with E-state index in [0.29, 0.717) is 36.2 Å². The third-order valence-corrected chi connectivity index (χ3v) is 2.89. The minimum absolute atomic E-state index is 0. The molecule has 6 nitrogen and oxygen atoms in total. The van der Waals surface area contributed by atoms with Gasteiger partial charge in [-0.15, -0.1) is 24.0 Å². The van der Waals surface area contributed by atoms with Crippen molar-refractivity contribution in [2.45, 2.75) is 26.3 Å². The number of ether oxygens (including phenoxy) is 3. The predicted octanol–water partition coefficient (Wildman–Crippen LogP) is 2.19. The van der Waals surface area contributed by atoms with Gasteiger partial charge in [-0.2, -0.15) is 0 Å². The van der Waals surface area contributed by atoms with E-state index >= 15 is 0 Å². The molecule has 1 rings (SSSR count). The minimum atomic E-state index is 0. The zero-order chi connectivity index (χ0) is 15.8. The third kappa shape index (κ3) is 5.78. The number of aliphatic imine (C=N–C) groups is 1. The topological polar surface area (TPSA) is 78.1 Å². The molecule has 0 heterocycles. The highest BCUT2D eigenvalue weighted by molar-refractivity contribution is 14.0. The van der Waals surface area contributed by atoms with E-state index in [4.69, 9.17) is 19.9 Å². The molecular formula is C15H26IN3O3. The second-order valence-electron chi connectivity index (χ2n) is 4.81. The molecule has 0 fully saturated rings. The van der Waals surface area contributed by atoms with Crippen molar-refractivity contribution in [2.24, 2.45) is 10.7 Å². The molecule has 126 valence electrons. The Hall–Kier alpha value is -1.38. The molecule has 1 aromatic carbocycles. The van der Waals surface area contributed by atoms with Crippen molar-refractivity contribution in [3.05, 3.63) is 17.7 Å². The first-order chi connectivity index (χ1) is 10.0. The van der Waals surface area contributed by atoms with Crippen molar-refractivity contribution in [3.8, 4) is 17.2 Å². The summed E-state index contributed by atoms with van der Waals surface area (Å²) in [7, 11) is 4.80. The number of guanidine groups is 1. The molecule has 3 N–H and O–H groups in total. The first kappa shape index (κ1) is 20.6. The van der Waals surface area contributed by atoms with E-state index in [0.717, 1.165) is 5.56 Å². The minimum Gasteiger partial charge on any atom is -0.493 e. The van der Waals surface area contributed by atoms with Crippen LogP contribution in [0.4, 0.5) is 0 Å². The molecule has 0 aromatic heterocycles. The molecule has 7 heteroatoms. The number of rotatable bonds is 7. The molecule has 0 aliphatic carbocycles. The quantitative estimate of drug-likeness (QED) is 0.400. The second kappa shape index (κ2) is 10.4. The van der Waals surface area contributed by atoms with E-state index in [1.165, 1.54) is 0 Å². The zero-order valence-electron chi connectivity index (χ0n) is 13.8. The van der Waals surface area contributed by atoms with Crippen LogP contribution in [0.25, 0.3) is 0 Å². The summed E-state index contributed by atoms with van der Waals surface area (Å²) in [6.07, 6.45) is 0.698. The number of benzene rings is 1. The van der Waals surface area contributed by atoms with Gasteiger partial charge in [0.2, 0.25) is 5.75 Å². The van der Waals surface area contributed by atoms with Crippen LogP contribution in [0.3, 0.4) is 0 Å². The highest BCUT2D eigenvalue weighted by Gasteiger charge is 2.15. The number of hydrogen-bond acceptors (Lipinski definition) is 4. The lowest BCUT2D eigenvalue weighted by Gasteiger charge is -2.15. The molecule has 0 saturated heterocycles. The predicted molar refractivity (Wildman–Crippen MR) is 100.0 cm³/mol. The van der Waals surface area contributed by atoms with Crippen LogP contribution in [0.5, 0.6) is 17.2 Å². The fourth-order valence-electron chi connectivity index (χ4n) is 2.00. The van der Waals surface area contributed by atoms with E-state index in [-0.39, 0.29) is 30.0 Å². The Labute approximate surface area is 149 Å².